The standard InChI is InChI=1S/C19H22Cl2N4O2/c1-12-10-14(20)6-7-15(12)23-18(26)13(2)25-19(27)17(21)16(11-22-25)24-8-4-3-5-9-24/h6-7,10-11,13H,3-5,8-9H2,1-2H3,(H,23,26)/t13-/m0/s1. The van der Waals surface area contributed by atoms with Crippen LogP contribution in [0.1, 0.15) is 37.8 Å². The number of carbonyl (C=O) groups is 1. The van der Waals surface area contributed by atoms with E-state index in [2.05, 4.69) is 15.3 Å². The Balaban J connectivity index is 1.81. The predicted octanol–water partition coefficient (Wildman–Crippen LogP) is 4.05. The van der Waals surface area contributed by atoms with Crippen LogP contribution in [0, 0.1) is 6.92 Å². The van der Waals surface area contributed by atoms with Crippen LogP contribution >= 0.6 is 23.2 Å². The molecule has 3 rings (SSSR count). The van der Waals surface area contributed by atoms with Crippen molar-refractivity contribution in [1.82, 2.24) is 9.78 Å². The molecule has 2 heterocycles. The minimum Gasteiger partial charge on any atom is -0.369 e. The van der Waals surface area contributed by atoms with Crippen molar-refractivity contribution >= 4 is 40.5 Å². The number of carbonyl (C=O) groups excluding carboxylic acids is 1. The third-order valence-corrected chi connectivity index (χ3v) is 5.40. The van der Waals surface area contributed by atoms with E-state index in [9.17, 15) is 9.59 Å². The van der Waals surface area contributed by atoms with Gasteiger partial charge < -0.3 is 10.2 Å². The van der Waals surface area contributed by atoms with Crippen LogP contribution < -0.4 is 15.8 Å². The molecule has 1 fully saturated rings. The lowest BCUT2D eigenvalue weighted by Crippen LogP contribution is -2.36. The number of nitrogens with one attached hydrogen (secondary N) is 1. The minimum atomic E-state index is -0.805. The van der Waals surface area contributed by atoms with Crippen molar-refractivity contribution in [2.24, 2.45) is 0 Å². The van der Waals surface area contributed by atoms with Gasteiger partial charge in [-0.3, -0.25) is 9.59 Å². The fourth-order valence-electron chi connectivity index (χ4n) is 3.18. The van der Waals surface area contributed by atoms with Gasteiger partial charge >= 0.3 is 0 Å². The van der Waals surface area contributed by atoms with Crippen LogP contribution in [0.5, 0.6) is 0 Å². The van der Waals surface area contributed by atoms with E-state index in [1.165, 1.54) is 6.42 Å². The normalized spacial score (nSPS) is 15.5. The van der Waals surface area contributed by atoms with Gasteiger partial charge in [0.1, 0.15) is 11.1 Å². The average molecular weight is 409 g/mol. The molecule has 1 aromatic heterocycles. The van der Waals surface area contributed by atoms with Crippen LogP contribution in [0.4, 0.5) is 11.4 Å². The van der Waals surface area contributed by atoms with E-state index in [-0.39, 0.29) is 10.9 Å². The number of piperidine rings is 1. The molecule has 0 bridgehead atoms. The van der Waals surface area contributed by atoms with E-state index in [4.69, 9.17) is 23.2 Å². The quantitative estimate of drug-likeness (QED) is 0.828. The van der Waals surface area contributed by atoms with Crippen LogP contribution in [-0.2, 0) is 4.79 Å². The molecule has 0 unspecified atom stereocenters. The summed E-state index contributed by atoms with van der Waals surface area (Å²) in [7, 11) is 0. The number of rotatable bonds is 4. The lowest BCUT2D eigenvalue weighted by atomic mass is 10.1. The van der Waals surface area contributed by atoms with Gasteiger partial charge in [0.2, 0.25) is 5.91 Å². The highest BCUT2D eigenvalue weighted by molar-refractivity contribution is 6.33. The van der Waals surface area contributed by atoms with E-state index in [0.29, 0.717) is 16.4 Å². The molecular formula is C19H22Cl2N4O2. The first-order valence-electron chi connectivity index (χ1n) is 8.98. The Hall–Kier alpha value is -2.05. The Labute approximate surface area is 168 Å². The summed E-state index contributed by atoms with van der Waals surface area (Å²) in [5.74, 6) is -0.350. The van der Waals surface area contributed by atoms with Crippen molar-refractivity contribution in [2.45, 2.75) is 39.2 Å². The Morgan fingerprint density at radius 2 is 1.93 bits per heavy atom. The number of anilines is 2. The zero-order valence-electron chi connectivity index (χ0n) is 15.3. The third kappa shape index (κ3) is 4.28. The van der Waals surface area contributed by atoms with Crippen LogP contribution in [0.3, 0.4) is 0 Å². The third-order valence-electron chi connectivity index (χ3n) is 4.81. The molecule has 27 heavy (non-hydrogen) atoms. The first-order valence-corrected chi connectivity index (χ1v) is 9.73. The first kappa shape index (κ1) is 19.7. The number of hydrogen-bond acceptors (Lipinski definition) is 4. The molecule has 1 N–H and O–H groups in total. The summed E-state index contributed by atoms with van der Waals surface area (Å²) in [6, 6.07) is 4.38. The second-order valence-corrected chi connectivity index (χ2v) is 7.58. The monoisotopic (exact) mass is 408 g/mol. The van der Waals surface area contributed by atoms with E-state index in [0.717, 1.165) is 36.2 Å². The van der Waals surface area contributed by atoms with E-state index in [1.54, 1.807) is 31.3 Å². The smallest absolute Gasteiger partial charge is 0.288 e. The van der Waals surface area contributed by atoms with Gasteiger partial charge in [0.25, 0.3) is 5.56 Å². The maximum Gasteiger partial charge on any atom is 0.288 e. The molecule has 1 atom stereocenters. The molecular weight excluding hydrogens is 387 g/mol. The molecule has 144 valence electrons. The van der Waals surface area contributed by atoms with E-state index >= 15 is 0 Å². The first-order chi connectivity index (χ1) is 12.9. The summed E-state index contributed by atoms with van der Waals surface area (Å²) in [5, 5.41) is 7.72. The van der Waals surface area contributed by atoms with E-state index < -0.39 is 11.6 Å². The fourth-order valence-corrected chi connectivity index (χ4v) is 3.66. The summed E-state index contributed by atoms with van der Waals surface area (Å²) in [4.78, 5) is 27.4. The van der Waals surface area contributed by atoms with Crippen molar-refractivity contribution in [3.8, 4) is 0 Å². The summed E-state index contributed by atoms with van der Waals surface area (Å²) in [5.41, 5.74) is 1.65. The molecule has 8 heteroatoms. The number of aryl methyl sites for hydroxylation is 1. The van der Waals surface area contributed by atoms with Gasteiger partial charge in [0.05, 0.1) is 11.9 Å². The summed E-state index contributed by atoms with van der Waals surface area (Å²) in [6.45, 7) is 5.18. The van der Waals surface area contributed by atoms with Crippen molar-refractivity contribution < 1.29 is 4.79 Å². The molecule has 1 aliphatic heterocycles. The summed E-state index contributed by atoms with van der Waals surface area (Å²) >= 11 is 12.3. The SMILES string of the molecule is Cc1cc(Cl)ccc1NC(=O)[C@H](C)n1ncc(N2CCCCC2)c(Cl)c1=O. The van der Waals surface area contributed by atoms with Gasteiger partial charge in [0.15, 0.2) is 0 Å². The highest BCUT2D eigenvalue weighted by Gasteiger charge is 2.23. The molecule has 0 saturated carbocycles. The van der Waals surface area contributed by atoms with Crippen molar-refractivity contribution in [1.29, 1.82) is 0 Å². The number of benzene rings is 1. The lowest BCUT2D eigenvalue weighted by molar-refractivity contribution is -0.119. The Morgan fingerprint density at radius 1 is 1.22 bits per heavy atom. The molecule has 1 saturated heterocycles. The number of halogens is 2. The van der Waals surface area contributed by atoms with Crippen LogP contribution in [0.25, 0.3) is 0 Å². The van der Waals surface area contributed by atoms with Crippen LogP contribution in [0.15, 0.2) is 29.2 Å². The van der Waals surface area contributed by atoms with Crippen molar-refractivity contribution in [3.63, 3.8) is 0 Å². The van der Waals surface area contributed by atoms with Crippen LogP contribution in [-0.4, -0.2) is 28.8 Å². The molecule has 2 aromatic rings. The summed E-state index contributed by atoms with van der Waals surface area (Å²) < 4.78 is 1.12. The number of aromatic nitrogens is 2. The molecule has 0 aliphatic carbocycles. The topological polar surface area (TPSA) is 67.2 Å². The van der Waals surface area contributed by atoms with E-state index in [1.807, 2.05) is 6.92 Å². The summed E-state index contributed by atoms with van der Waals surface area (Å²) in [6.07, 6.45) is 4.89. The molecule has 1 amide bonds. The second-order valence-electron chi connectivity index (χ2n) is 6.77. The van der Waals surface area contributed by atoms with Gasteiger partial charge in [-0.2, -0.15) is 5.10 Å². The van der Waals surface area contributed by atoms with Crippen molar-refractivity contribution in [3.05, 3.63) is 50.4 Å². The van der Waals surface area contributed by atoms with Gasteiger partial charge in [0, 0.05) is 23.8 Å². The lowest BCUT2D eigenvalue weighted by Gasteiger charge is -2.29. The maximum atomic E-state index is 12.7. The Morgan fingerprint density at radius 3 is 2.59 bits per heavy atom. The van der Waals surface area contributed by atoms with Crippen molar-refractivity contribution in [2.75, 3.05) is 23.3 Å². The molecule has 6 nitrogen and oxygen atoms in total. The highest BCUT2D eigenvalue weighted by atomic mass is 35.5. The van der Waals surface area contributed by atoms with Gasteiger partial charge in [-0.25, -0.2) is 4.68 Å². The predicted molar refractivity (Wildman–Crippen MR) is 109 cm³/mol. The minimum absolute atomic E-state index is 0.106. The molecule has 1 aromatic carbocycles. The van der Waals surface area contributed by atoms with Gasteiger partial charge in [-0.1, -0.05) is 23.2 Å². The molecule has 0 spiro atoms. The molecule has 0 radical (unpaired) electrons. The Kier molecular flexibility index (Phi) is 6.07. The average Bonchev–Trinajstić information content (AvgIpc) is 2.66. The van der Waals surface area contributed by atoms with Gasteiger partial charge in [-0.15, -0.1) is 0 Å². The zero-order chi connectivity index (χ0) is 19.6. The second kappa shape index (κ2) is 8.31. The molecule has 1 aliphatic rings. The highest BCUT2D eigenvalue weighted by Crippen LogP contribution is 2.25. The number of amides is 1. The maximum absolute atomic E-state index is 12.7. The fraction of sp³-hybridized carbons (Fsp3) is 0.421. The number of nitrogens with zero attached hydrogens (tertiary/aromatic N) is 3. The van der Waals surface area contributed by atoms with Gasteiger partial charge in [-0.05, 0) is 56.9 Å². The number of hydrogen-bond donors (Lipinski definition) is 1. The van der Waals surface area contributed by atoms with Crippen LogP contribution in [0.2, 0.25) is 10.0 Å². The largest absolute Gasteiger partial charge is 0.369 e. The zero-order valence-corrected chi connectivity index (χ0v) is 16.8. The Bertz CT molecular complexity index is 907.